The number of nitrogens with two attached hydrogens (primary N) is 1. The second-order valence-corrected chi connectivity index (χ2v) is 10.2. The van der Waals surface area contributed by atoms with Crippen molar-refractivity contribution in [3.8, 4) is 0 Å². The van der Waals surface area contributed by atoms with Crippen LogP contribution in [0.15, 0.2) is 16.0 Å². The molecule has 1 amide bonds. The lowest BCUT2D eigenvalue weighted by atomic mass is 9.95. The minimum absolute atomic E-state index is 0. The predicted octanol–water partition coefficient (Wildman–Crippen LogP) is 1.81. The van der Waals surface area contributed by atoms with Gasteiger partial charge in [-0.05, 0) is 45.6 Å². The molecule has 1 aromatic heterocycles. The van der Waals surface area contributed by atoms with E-state index >= 15 is 0 Å². The molecule has 0 bridgehead atoms. The van der Waals surface area contributed by atoms with E-state index in [1.807, 2.05) is 20.8 Å². The molecule has 1 atom stereocenters. The number of rotatable bonds is 8. The summed E-state index contributed by atoms with van der Waals surface area (Å²) in [6.45, 7) is 8.57. The maximum absolute atomic E-state index is 12.5. The zero-order chi connectivity index (χ0) is 20.7. The third-order valence-corrected chi connectivity index (χ3v) is 7.28. The van der Waals surface area contributed by atoms with E-state index in [0.29, 0.717) is 17.9 Å². The monoisotopic (exact) mass is 557 g/mol. The quantitative estimate of drug-likeness (QED) is 0.195. The molecule has 166 valence electrons. The van der Waals surface area contributed by atoms with Crippen LogP contribution < -0.4 is 15.8 Å². The molecule has 29 heavy (non-hydrogen) atoms. The van der Waals surface area contributed by atoms with Crippen LogP contribution in [-0.2, 0) is 14.8 Å². The van der Waals surface area contributed by atoms with Gasteiger partial charge in [0.1, 0.15) is 0 Å². The number of nitrogens with zero attached hydrogens (tertiary/aromatic N) is 2. The average molecular weight is 558 g/mol. The number of guanidine groups is 1. The summed E-state index contributed by atoms with van der Waals surface area (Å²) in [5.74, 6) is 0.707. The van der Waals surface area contributed by atoms with Gasteiger partial charge in [-0.1, -0.05) is 0 Å². The molecule has 8 nitrogen and oxygen atoms in total. The summed E-state index contributed by atoms with van der Waals surface area (Å²) in [5, 5.41) is 3.25. The molecule has 1 fully saturated rings. The topological polar surface area (TPSA) is 117 Å². The third kappa shape index (κ3) is 8.02. The molecule has 1 aliphatic heterocycles. The maximum atomic E-state index is 12.5. The minimum atomic E-state index is -3.52. The Labute approximate surface area is 194 Å². The van der Waals surface area contributed by atoms with Crippen LogP contribution in [0.25, 0.3) is 0 Å². The van der Waals surface area contributed by atoms with Crippen molar-refractivity contribution < 1.29 is 13.2 Å². The van der Waals surface area contributed by atoms with Crippen molar-refractivity contribution >= 4 is 57.2 Å². The largest absolute Gasteiger partial charge is 0.370 e. The van der Waals surface area contributed by atoms with Crippen LogP contribution in [0.3, 0.4) is 0 Å². The molecular formula is C18H32IN5O3S2. The molecule has 1 unspecified atom stereocenters. The number of sulfonamides is 1. The van der Waals surface area contributed by atoms with Crippen LogP contribution in [0.4, 0.5) is 0 Å². The first-order chi connectivity index (χ1) is 13.2. The highest BCUT2D eigenvalue weighted by molar-refractivity contribution is 14.0. The van der Waals surface area contributed by atoms with Gasteiger partial charge in [-0.15, -0.1) is 35.3 Å². The zero-order valence-corrected chi connectivity index (χ0v) is 21.2. The van der Waals surface area contributed by atoms with Crippen LogP contribution >= 0.6 is 35.3 Å². The molecule has 2 rings (SSSR count). The predicted molar refractivity (Wildman–Crippen MR) is 128 cm³/mol. The SMILES string of the molecule is CCNC(=NCCNS(=O)(=O)c1cc(C)sc1C)N1CCCC(CC(N)=O)C1.I. The summed E-state index contributed by atoms with van der Waals surface area (Å²) in [4.78, 5) is 20.0. The average Bonchev–Trinajstić information content (AvgIpc) is 2.96. The summed E-state index contributed by atoms with van der Waals surface area (Å²) in [6.07, 6.45) is 2.35. The van der Waals surface area contributed by atoms with Crippen molar-refractivity contribution in [3.63, 3.8) is 0 Å². The van der Waals surface area contributed by atoms with Gasteiger partial charge in [-0.2, -0.15) is 0 Å². The number of piperidine rings is 1. The van der Waals surface area contributed by atoms with Crippen molar-refractivity contribution in [2.75, 3.05) is 32.7 Å². The van der Waals surface area contributed by atoms with Crippen molar-refractivity contribution in [2.24, 2.45) is 16.6 Å². The fourth-order valence-electron chi connectivity index (χ4n) is 3.43. The van der Waals surface area contributed by atoms with Gasteiger partial charge in [-0.3, -0.25) is 9.79 Å². The lowest BCUT2D eigenvalue weighted by Gasteiger charge is -2.34. The minimum Gasteiger partial charge on any atom is -0.370 e. The van der Waals surface area contributed by atoms with E-state index in [0.717, 1.165) is 48.2 Å². The molecule has 0 saturated carbocycles. The van der Waals surface area contributed by atoms with Crippen LogP contribution in [0, 0.1) is 19.8 Å². The number of thiophene rings is 1. The van der Waals surface area contributed by atoms with Gasteiger partial charge in [0, 0.05) is 42.4 Å². The number of primary amides is 1. The Kier molecular flexibility index (Phi) is 10.9. The highest BCUT2D eigenvalue weighted by Gasteiger charge is 2.23. The number of aliphatic imine (C=N–C) groups is 1. The Morgan fingerprint density at radius 3 is 2.72 bits per heavy atom. The molecule has 0 aromatic carbocycles. The summed E-state index contributed by atoms with van der Waals surface area (Å²) in [5.41, 5.74) is 5.33. The first kappa shape index (κ1) is 26.1. The normalized spacial score (nSPS) is 17.7. The molecule has 2 heterocycles. The van der Waals surface area contributed by atoms with Gasteiger partial charge in [-0.25, -0.2) is 13.1 Å². The van der Waals surface area contributed by atoms with E-state index < -0.39 is 10.0 Å². The fraction of sp³-hybridized carbons (Fsp3) is 0.667. The fourth-order valence-corrected chi connectivity index (χ4v) is 6.00. The van der Waals surface area contributed by atoms with Gasteiger partial charge < -0.3 is 16.0 Å². The molecule has 1 saturated heterocycles. The van der Waals surface area contributed by atoms with Gasteiger partial charge in [0.2, 0.25) is 15.9 Å². The summed E-state index contributed by atoms with van der Waals surface area (Å²) in [7, 11) is -3.52. The molecule has 11 heteroatoms. The molecule has 4 N–H and O–H groups in total. The zero-order valence-electron chi connectivity index (χ0n) is 17.2. The van der Waals surface area contributed by atoms with Crippen LogP contribution in [-0.4, -0.2) is 57.9 Å². The van der Waals surface area contributed by atoms with Crippen molar-refractivity contribution in [1.82, 2.24) is 14.9 Å². The summed E-state index contributed by atoms with van der Waals surface area (Å²) in [6, 6.07) is 1.70. The summed E-state index contributed by atoms with van der Waals surface area (Å²) >= 11 is 1.47. The van der Waals surface area contributed by atoms with Crippen molar-refractivity contribution in [3.05, 3.63) is 15.8 Å². The first-order valence-corrected chi connectivity index (χ1v) is 11.9. The maximum Gasteiger partial charge on any atom is 0.241 e. The van der Waals surface area contributed by atoms with Gasteiger partial charge in [0.25, 0.3) is 0 Å². The third-order valence-electron chi connectivity index (χ3n) is 4.59. The number of hydrogen-bond acceptors (Lipinski definition) is 5. The first-order valence-electron chi connectivity index (χ1n) is 9.61. The highest BCUT2D eigenvalue weighted by Crippen LogP contribution is 2.24. The van der Waals surface area contributed by atoms with E-state index in [4.69, 9.17) is 5.73 Å². The van der Waals surface area contributed by atoms with E-state index in [-0.39, 0.29) is 42.3 Å². The Hall–Kier alpha value is -0.920. The molecule has 0 aliphatic carbocycles. The lowest BCUT2D eigenvalue weighted by molar-refractivity contribution is -0.119. The smallest absolute Gasteiger partial charge is 0.241 e. The second kappa shape index (κ2) is 12.1. The number of carbonyl (C=O) groups excluding carboxylic acids is 1. The van der Waals surface area contributed by atoms with Crippen molar-refractivity contribution in [1.29, 1.82) is 0 Å². The van der Waals surface area contributed by atoms with Crippen LogP contribution in [0.2, 0.25) is 0 Å². The van der Waals surface area contributed by atoms with Gasteiger partial charge >= 0.3 is 0 Å². The Balaban J connectivity index is 0.00000420. The van der Waals surface area contributed by atoms with Crippen molar-refractivity contribution in [2.45, 2.75) is 44.9 Å². The molecule has 0 spiro atoms. The number of nitrogens with one attached hydrogen (secondary N) is 2. The molecule has 1 aromatic rings. The Morgan fingerprint density at radius 1 is 1.41 bits per heavy atom. The van der Waals surface area contributed by atoms with E-state index in [9.17, 15) is 13.2 Å². The number of aryl methyl sites for hydroxylation is 2. The number of likely N-dealkylation sites (tertiary alicyclic amines) is 1. The molecule has 0 radical (unpaired) electrons. The Bertz CT molecular complexity index is 810. The Morgan fingerprint density at radius 2 is 2.14 bits per heavy atom. The number of halogens is 1. The number of carbonyl (C=O) groups is 1. The lowest BCUT2D eigenvalue weighted by Crippen LogP contribution is -2.47. The second-order valence-electron chi connectivity index (χ2n) is 7.04. The van der Waals surface area contributed by atoms with Gasteiger partial charge in [0.05, 0.1) is 11.4 Å². The van der Waals surface area contributed by atoms with E-state index in [2.05, 4.69) is 19.9 Å². The summed E-state index contributed by atoms with van der Waals surface area (Å²) < 4.78 is 27.6. The molecule has 1 aliphatic rings. The van der Waals surface area contributed by atoms with Crippen LogP contribution in [0.1, 0.15) is 35.9 Å². The highest BCUT2D eigenvalue weighted by atomic mass is 127. The number of hydrogen-bond donors (Lipinski definition) is 3. The standard InChI is InChI=1S/C18H31N5O3S2.HI/c1-4-20-18(23-9-5-6-15(12-23)11-17(19)24)21-7-8-22-28(25,26)16-10-13(2)27-14(16)3;/h10,15,22H,4-9,11-12H2,1-3H3,(H2,19,24)(H,20,21);1H. The van der Waals surface area contributed by atoms with E-state index in [1.54, 1.807) is 6.07 Å². The van der Waals surface area contributed by atoms with Crippen LogP contribution in [0.5, 0.6) is 0 Å². The van der Waals surface area contributed by atoms with Gasteiger partial charge in [0.15, 0.2) is 5.96 Å². The van der Waals surface area contributed by atoms with E-state index in [1.165, 1.54) is 11.3 Å². The molecular weight excluding hydrogens is 525 g/mol. The number of amides is 1.